The summed E-state index contributed by atoms with van der Waals surface area (Å²) in [6, 6.07) is 18.0. The van der Waals surface area contributed by atoms with Gasteiger partial charge in [-0.2, -0.15) is 0 Å². The average molecular weight is 420 g/mol. The molecule has 1 aromatic heterocycles. The lowest BCUT2D eigenvalue weighted by molar-refractivity contribution is -0.135. The highest BCUT2D eigenvalue weighted by Gasteiger charge is 2.21. The van der Waals surface area contributed by atoms with E-state index in [0.717, 1.165) is 12.0 Å². The van der Waals surface area contributed by atoms with E-state index in [2.05, 4.69) is 11.4 Å². The van der Waals surface area contributed by atoms with Crippen molar-refractivity contribution in [1.29, 1.82) is 0 Å². The Labute approximate surface area is 178 Å². The lowest BCUT2D eigenvalue weighted by Gasteiger charge is -2.28. The van der Waals surface area contributed by atoms with Crippen molar-refractivity contribution in [2.24, 2.45) is 0 Å². The molecule has 0 bridgehead atoms. The second-order valence-electron chi connectivity index (χ2n) is 6.92. The molecule has 152 valence electrons. The summed E-state index contributed by atoms with van der Waals surface area (Å²) >= 11 is 1.34. The lowest BCUT2D eigenvalue weighted by Crippen LogP contribution is -2.38. The monoisotopic (exact) mass is 420 g/mol. The number of carbonyl (C=O) groups excluding carboxylic acids is 3. The fraction of sp³-hybridized carbons (Fsp3) is 0.174. The molecule has 2 amide bonds. The Morgan fingerprint density at radius 2 is 1.83 bits per heavy atom. The molecule has 0 atom stereocenters. The normalized spacial score (nSPS) is 12.7. The van der Waals surface area contributed by atoms with Crippen LogP contribution in [0.25, 0.3) is 0 Å². The van der Waals surface area contributed by atoms with E-state index in [9.17, 15) is 14.4 Å². The molecule has 0 fully saturated rings. The first-order valence-corrected chi connectivity index (χ1v) is 10.4. The first kappa shape index (κ1) is 19.8. The average Bonchev–Trinajstić information content (AvgIpc) is 3.32. The molecule has 0 spiro atoms. The fourth-order valence-corrected chi connectivity index (χ4v) is 3.95. The standard InChI is InChI=1S/C23H20N2O4S/c26-21(25-11-10-16-5-1-2-6-18(16)14-25)15-29-23(28)17-7-3-8-19(13-17)24-22(27)20-9-4-12-30-20/h1-9,12-13H,10-11,14-15H2,(H,24,27). The summed E-state index contributed by atoms with van der Waals surface area (Å²) in [4.78, 5) is 39.3. The highest BCUT2D eigenvalue weighted by atomic mass is 32.1. The quantitative estimate of drug-likeness (QED) is 0.638. The lowest BCUT2D eigenvalue weighted by atomic mass is 10.00. The molecule has 0 radical (unpaired) electrons. The molecular weight excluding hydrogens is 400 g/mol. The smallest absolute Gasteiger partial charge is 0.338 e. The number of nitrogens with one attached hydrogen (secondary N) is 1. The van der Waals surface area contributed by atoms with Gasteiger partial charge in [0.2, 0.25) is 0 Å². The number of fused-ring (bicyclic) bond motifs is 1. The Kier molecular flexibility index (Phi) is 5.90. The van der Waals surface area contributed by atoms with Gasteiger partial charge in [-0.15, -0.1) is 11.3 Å². The molecule has 7 heteroatoms. The highest BCUT2D eigenvalue weighted by molar-refractivity contribution is 7.12. The minimum atomic E-state index is -0.604. The van der Waals surface area contributed by atoms with Crippen molar-refractivity contribution in [1.82, 2.24) is 4.90 Å². The van der Waals surface area contributed by atoms with Crippen LogP contribution in [0.2, 0.25) is 0 Å². The number of nitrogens with zero attached hydrogens (tertiary/aromatic N) is 1. The second-order valence-corrected chi connectivity index (χ2v) is 7.87. The maximum absolute atomic E-state index is 12.5. The molecule has 30 heavy (non-hydrogen) atoms. The predicted octanol–water partition coefficient (Wildman–Crippen LogP) is 3.74. The van der Waals surface area contributed by atoms with Crippen LogP contribution in [0.15, 0.2) is 66.0 Å². The first-order chi connectivity index (χ1) is 14.6. The number of carbonyl (C=O) groups is 3. The van der Waals surface area contributed by atoms with E-state index in [0.29, 0.717) is 23.7 Å². The van der Waals surface area contributed by atoms with E-state index in [1.165, 1.54) is 23.0 Å². The number of hydrogen-bond donors (Lipinski definition) is 1. The topological polar surface area (TPSA) is 75.7 Å². The Hall–Kier alpha value is -3.45. The van der Waals surface area contributed by atoms with E-state index in [1.54, 1.807) is 35.2 Å². The number of benzene rings is 2. The molecule has 2 aromatic carbocycles. The van der Waals surface area contributed by atoms with E-state index >= 15 is 0 Å². The molecule has 0 saturated heterocycles. The van der Waals surface area contributed by atoms with Gasteiger partial charge in [0.05, 0.1) is 10.4 Å². The van der Waals surface area contributed by atoms with Gasteiger partial charge in [0, 0.05) is 18.8 Å². The van der Waals surface area contributed by atoms with Crippen LogP contribution in [0, 0.1) is 0 Å². The summed E-state index contributed by atoms with van der Waals surface area (Å²) in [5.74, 6) is -1.07. The van der Waals surface area contributed by atoms with Gasteiger partial charge in [0.25, 0.3) is 11.8 Å². The number of amides is 2. The van der Waals surface area contributed by atoms with Crippen molar-refractivity contribution in [2.45, 2.75) is 13.0 Å². The van der Waals surface area contributed by atoms with Crippen LogP contribution in [0.3, 0.4) is 0 Å². The van der Waals surface area contributed by atoms with Crippen molar-refractivity contribution in [3.63, 3.8) is 0 Å². The summed E-state index contributed by atoms with van der Waals surface area (Å²) < 4.78 is 5.22. The van der Waals surface area contributed by atoms with Crippen LogP contribution < -0.4 is 5.32 Å². The number of ether oxygens (including phenoxy) is 1. The van der Waals surface area contributed by atoms with Gasteiger partial charge < -0.3 is 15.0 Å². The third kappa shape index (κ3) is 4.58. The number of esters is 1. The highest BCUT2D eigenvalue weighted by Crippen LogP contribution is 2.19. The number of hydrogen-bond acceptors (Lipinski definition) is 5. The minimum Gasteiger partial charge on any atom is -0.452 e. The van der Waals surface area contributed by atoms with Crippen LogP contribution in [0.4, 0.5) is 5.69 Å². The molecule has 1 aliphatic heterocycles. The van der Waals surface area contributed by atoms with Crippen molar-refractivity contribution >= 4 is 34.8 Å². The van der Waals surface area contributed by atoms with E-state index in [4.69, 9.17) is 4.74 Å². The zero-order chi connectivity index (χ0) is 20.9. The van der Waals surface area contributed by atoms with Gasteiger partial charge in [-0.3, -0.25) is 9.59 Å². The minimum absolute atomic E-state index is 0.222. The molecule has 4 rings (SSSR count). The molecule has 2 heterocycles. The molecule has 0 unspecified atom stereocenters. The zero-order valence-corrected chi connectivity index (χ0v) is 17.0. The summed E-state index contributed by atoms with van der Waals surface area (Å²) in [6.07, 6.45) is 0.793. The molecule has 1 aliphatic rings. The van der Waals surface area contributed by atoms with E-state index in [1.807, 2.05) is 23.6 Å². The molecular formula is C23H20N2O4S. The third-order valence-electron chi connectivity index (χ3n) is 4.91. The maximum atomic E-state index is 12.5. The van der Waals surface area contributed by atoms with Crippen molar-refractivity contribution < 1.29 is 19.1 Å². The van der Waals surface area contributed by atoms with Crippen molar-refractivity contribution in [3.8, 4) is 0 Å². The van der Waals surface area contributed by atoms with E-state index in [-0.39, 0.29) is 24.0 Å². The van der Waals surface area contributed by atoms with Gasteiger partial charge in [0.15, 0.2) is 6.61 Å². The third-order valence-corrected chi connectivity index (χ3v) is 5.78. The maximum Gasteiger partial charge on any atom is 0.338 e. The zero-order valence-electron chi connectivity index (χ0n) is 16.2. The van der Waals surface area contributed by atoms with Gasteiger partial charge >= 0.3 is 5.97 Å². The van der Waals surface area contributed by atoms with Crippen LogP contribution >= 0.6 is 11.3 Å². The molecule has 3 aromatic rings. The molecule has 1 N–H and O–H groups in total. The van der Waals surface area contributed by atoms with Crippen LogP contribution in [0.1, 0.15) is 31.2 Å². The molecule has 0 saturated carbocycles. The van der Waals surface area contributed by atoms with Gasteiger partial charge in [0.1, 0.15) is 0 Å². The molecule has 0 aliphatic carbocycles. The first-order valence-electron chi connectivity index (χ1n) is 9.57. The Bertz CT molecular complexity index is 1080. The Morgan fingerprint density at radius 3 is 2.63 bits per heavy atom. The predicted molar refractivity (Wildman–Crippen MR) is 115 cm³/mol. The Balaban J connectivity index is 1.33. The van der Waals surface area contributed by atoms with Gasteiger partial charge in [-0.1, -0.05) is 36.4 Å². The largest absolute Gasteiger partial charge is 0.452 e. The second kappa shape index (κ2) is 8.92. The number of anilines is 1. The van der Waals surface area contributed by atoms with Crippen LogP contribution in [-0.2, 0) is 22.5 Å². The number of rotatable bonds is 5. The van der Waals surface area contributed by atoms with Crippen molar-refractivity contribution in [2.75, 3.05) is 18.5 Å². The number of thiophene rings is 1. The summed E-state index contributed by atoms with van der Waals surface area (Å²) in [6.45, 7) is 0.821. The SMILES string of the molecule is O=C(OCC(=O)N1CCc2ccccc2C1)c1cccc(NC(=O)c2cccs2)c1. The Morgan fingerprint density at radius 1 is 1.00 bits per heavy atom. The summed E-state index contributed by atoms with van der Waals surface area (Å²) in [5, 5.41) is 4.57. The van der Waals surface area contributed by atoms with E-state index < -0.39 is 5.97 Å². The van der Waals surface area contributed by atoms with Gasteiger partial charge in [-0.25, -0.2) is 4.79 Å². The summed E-state index contributed by atoms with van der Waals surface area (Å²) in [7, 11) is 0. The molecule has 6 nitrogen and oxygen atoms in total. The van der Waals surface area contributed by atoms with Gasteiger partial charge in [-0.05, 0) is 47.2 Å². The fourth-order valence-electron chi connectivity index (χ4n) is 3.33. The van der Waals surface area contributed by atoms with Crippen LogP contribution in [-0.4, -0.2) is 35.8 Å². The van der Waals surface area contributed by atoms with Crippen molar-refractivity contribution in [3.05, 3.63) is 87.6 Å². The van der Waals surface area contributed by atoms with Crippen LogP contribution in [0.5, 0.6) is 0 Å². The summed E-state index contributed by atoms with van der Waals surface area (Å²) in [5.41, 5.74) is 3.13.